The van der Waals surface area contributed by atoms with Gasteiger partial charge < -0.3 is 0 Å². The van der Waals surface area contributed by atoms with Gasteiger partial charge in [-0.1, -0.05) is 0 Å². The minimum atomic E-state index is -0.376. The molecule has 1 aromatic heterocycles. The Morgan fingerprint density at radius 3 is 2.86 bits per heavy atom. The molecule has 0 fully saturated rings. The maximum absolute atomic E-state index is 10.7. The zero-order chi connectivity index (χ0) is 10.3. The lowest BCUT2D eigenvalue weighted by Gasteiger charge is -1.95. The molecule has 0 bridgehead atoms. The Morgan fingerprint density at radius 2 is 2.21 bits per heavy atom. The number of nitro groups is 1. The molecule has 72 valence electrons. The van der Waals surface area contributed by atoms with E-state index in [0.29, 0.717) is 4.47 Å². The highest BCUT2D eigenvalue weighted by molar-refractivity contribution is 9.10. The molecule has 0 unspecified atom stereocenters. The molecule has 0 saturated heterocycles. The number of thiophene rings is 1. The van der Waals surface area contributed by atoms with Gasteiger partial charge in [0.2, 0.25) is 0 Å². The second-order valence-electron chi connectivity index (χ2n) is 2.93. The van der Waals surface area contributed by atoms with E-state index in [1.54, 1.807) is 17.4 Å². The number of benzene rings is 1. The highest BCUT2D eigenvalue weighted by Crippen LogP contribution is 2.37. The fourth-order valence-corrected chi connectivity index (χ4v) is 3.02. The summed E-state index contributed by atoms with van der Waals surface area (Å²) in [6, 6.07) is 5.33. The lowest BCUT2D eigenvalue weighted by atomic mass is 10.2. The summed E-state index contributed by atoms with van der Waals surface area (Å²) in [7, 11) is 0. The van der Waals surface area contributed by atoms with Crippen molar-refractivity contribution >= 4 is 43.0 Å². The van der Waals surface area contributed by atoms with Crippen molar-refractivity contribution in [2.24, 2.45) is 0 Å². The largest absolute Gasteiger partial charge is 0.284 e. The van der Waals surface area contributed by atoms with Crippen molar-refractivity contribution in [3.05, 3.63) is 37.7 Å². The molecule has 0 aliphatic heterocycles. The van der Waals surface area contributed by atoms with E-state index in [1.807, 2.05) is 13.0 Å². The standard InChI is InChI=1S/C9H6BrNO2S/c1-5-4-6-2-3-7(11(12)13)8(10)9(6)14-5/h2-4H,1H3. The summed E-state index contributed by atoms with van der Waals surface area (Å²) in [6.07, 6.45) is 0. The van der Waals surface area contributed by atoms with Crippen LogP contribution in [0.4, 0.5) is 5.69 Å². The topological polar surface area (TPSA) is 43.1 Å². The third-order valence-electron chi connectivity index (χ3n) is 1.93. The second kappa shape index (κ2) is 3.33. The normalized spacial score (nSPS) is 10.7. The van der Waals surface area contributed by atoms with E-state index in [2.05, 4.69) is 15.9 Å². The predicted octanol–water partition coefficient (Wildman–Crippen LogP) is 3.88. The first-order valence-electron chi connectivity index (χ1n) is 3.92. The van der Waals surface area contributed by atoms with Gasteiger partial charge in [-0.05, 0) is 40.4 Å². The van der Waals surface area contributed by atoms with Gasteiger partial charge in [-0.25, -0.2) is 0 Å². The van der Waals surface area contributed by atoms with Crippen LogP contribution in [0.1, 0.15) is 4.88 Å². The van der Waals surface area contributed by atoms with Crippen molar-refractivity contribution in [1.82, 2.24) is 0 Å². The van der Waals surface area contributed by atoms with Crippen LogP contribution in [-0.2, 0) is 0 Å². The number of nitrogens with zero attached hydrogens (tertiary/aromatic N) is 1. The molecular formula is C9H6BrNO2S. The molecule has 0 spiro atoms. The van der Waals surface area contributed by atoms with Gasteiger partial charge in [0.1, 0.15) is 4.47 Å². The average Bonchev–Trinajstić information content (AvgIpc) is 2.46. The van der Waals surface area contributed by atoms with E-state index in [0.717, 1.165) is 15.0 Å². The van der Waals surface area contributed by atoms with Gasteiger partial charge in [0.25, 0.3) is 5.69 Å². The molecule has 2 aromatic rings. The SMILES string of the molecule is Cc1cc2ccc([N+](=O)[O-])c(Br)c2s1. The smallest absolute Gasteiger partial charge is 0.258 e. The molecule has 0 N–H and O–H groups in total. The summed E-state index contributed by atoms with van der Waals surface area (Å²) in [4.78, 5) is 11.4. The highest BCUT2D eigenvalue weighted by Gasteiger charge is 2.15. The quantitative estimate of drug-likeness (QED) is 0.584. The van der Waals surface area contributed by atoms with E-state index in [1.165, 1.54) is 6.07 Å². The summed E-state index contributed by atoms with van der Waals surface area (Å²) in [5, 5.41) is 11.7. The summed E-state index contributed by atoms with van der Waals surface area (Å²) >= 11 is 4.82. The molecule has 1 aromatic carbocycles. The molecule has 0 amide bonds. The lowest BCUT2D eigenvalue weighted by Crippen LogP contribution is -1.88. The fraction of sp³-hybridized carbons (Fsp3) is 0.111. The first-order chi connectivity index (χ1) is 6.59. The van der Waals surface area contributed by atoms with E-state index in [4.69, 9.17) is 0 Å². The van der Waals surface area contributed by atoms with Gasteiger partial charge in [0.15, 0.2) is 0 Å². The van der Waals surface area contributed by atoms with Crippen LogP contribution in [0.5, 0.6) is 0 Å². The third kappa shape index (κ3) is 1.42. The van der Waals surface area contributed by atoms with Crippen LogP contribution >= 0.6 is 27.3 Å². The van der Waals surface area contributed by atoms with Crippen molar-refractivity contribution in [1.29, 1.82) is 0 Å². The fourth-order valence-electron chi connectivity index (χ4n) is 1.33. The lowest BCUT2D eigenvalue weighted by molar-refractivity contribution is -0.385. The molecule has 1 heterocycles. The second-order valence-corrected chi connectivity index (χ2v) is 4.98. The monoisotopic (exact) mass is 271 g/mol. The molecule has 0 saturated carbocycles. The molecule has 5 heteroatoms. The molecule has 2 rings (SSSR count). The molecule has 0 atom stereocenters. The van der Waals surface area contributed by atoms with Crippen molar-refractivity contribution < 1.29 is 4.92 Å². The summed E-state index contributed by atoms with van der Waals surface area (Å²) in [6.45, 7) is 1.99. The molecule has 0 aliphatic rings. The van der Waals surface area contributed by atoms with E-state index >= 15 is 0 Å². The number of rotatable bonds is 1. The average molecular weight is 272 g/mol. The van der Waals surface area contributed by atoms with Crippen molar-refractivity contribution in [2.75, 3.05) is 0 Å². The van der Waals surface area contributed by atoms with E-state index in [-0.39, 0.29) is 10.6 Å². The van der Waals surface area contributed by atoms with Gasteiger partial charge in [-0.3, -0.25) is 10.1 Å². The maximum Gasteiger partial charge on any atom is 0.284 e. The minimum absolute atomic E-state index is 0.124. The van der Waals surface area contributed by atoms with E-state index < -0.39 is 0 Å². The maximum atomic E-state index is 10.7. The van der Waals surface area contributed by atoms with Crippen LogP contribution in [0.15, 0.2) is 22.7 Å². The molecule has 3 nitrogen and oxygen atoms in total. The third-order valence-corrected chi connectivity index (χ3v) is 4.07. The first-order valence-corrected chi connectivity index (χ1v) is 5.53. The number of halogens is 1. The molecular weight excluding hydrogens is 266 g/mol. The Hall–Kier alpha value is -0.940. The Kier molecular flexibility index (Phi) is 2.28. The highest BCUT2D eigenvalue weighted by atomic mass is 79.9. The number of hydrogen-bond acceptors (Lipinski definition) is 3. The Balaban J connectivity index is 2.80. The van der Waals surface area contributed by atoms with Crippen molar-refractivity contribution in [2.45, 2.75) is 6.92 Å². The van der Waals surface area contributed by atoms with Crippen LogP contribution in [0.25, 0.3) is 10.1 Å². The van der Waals surface area contributed by atoms with Crippen LogP contribution in [-0.4, -0.2) is 4.92 Å². The summed E-state index contributed by atoms with van der Waals surface area (Å²) in [5.41, 5.74) is 0.124. The van der Waals surface area contributed by atoms with Crippen molar-refractivity contribution in [3.8, 4) is 0 Å². The summed E-state index contributed by atoms with van der Waals surface area (Å²) < 4.78 is 1.52. The van der Waals surface area contributed by atoms with Gasteiger partial charge in [-0.2, -0.15) is 0 Å². The van der Waals surface area contributed by atoms with Gasteiger partial charge in [0, 0.05) is 10.9 Å². The Labute approximate surface area is 92.6 Å². The predicted molar refractivity (Wildman–Crippen MR) is 60.9 cm³/mol. The van der Waals surface area contributed by atoms with Gasteiger partial charge >= 0.3 is 0 Å². The number of nitro benzene ring substituents is 1. The summed E-state index contributed by atoms with van der Waals surface area (Å²) in [5.74, 6) is 0. The van der Waals surface area contributed by atoms with E-state index in [9.17, 15) is 10.1 Å². The number of aryl methyl sites for hydroxylation is 1. The molecule has 0 radical (unpaired) electrons. The number of fused-ring (bicyclic) bond motifs is 1. The van der Waals surface area contributed by atoms with Crippen LogP contribution in [0.3, 0.4) is 0 Å². The minimum Gasteiger partial charge on any atom is -0.258 e. The Morgan fingerprint density at radius 1 is 1.50 bits per heavy atom. The zero-order valence-electron chi connectivity index (χ0n) is 7.28. The molecule has 14 heavy (non-hydrogen) atoms. The van der Waals surface area contributed by atoms with Crippen LogP contribution < -0.4 is 0 Å². The zero-order valence-corrected chi connectivity index (χ0v) is 9.68. The first kappa shape index (κ1) is 9.61. The van der Waals surface area contributed by atoms with Crippen molar-refractivity contribution in [3.63, 3.8) is 0 Å². The number of hydrogen-bond donors (Lipinski definition) is 0. The van der Waals surface area contributed by atoms with Crippen LogP contribution in [0, 0.1) is 17.0 Å². The van der Waals surface area contributed by atoms with Crippen LogP contribution in [0.2, 0.25) is 0 Å². The Bertz CT molecular complexity index is 521. The van der Waals surface area contributed by atoms with Gasteiger partial charge in [-0.15, -0.1) is 11.3 Å². The van der Waals surface area contributed by atoms with Gasteiger partial charge in [0.05, 0.1) is 9.62 Å². The molecule has 0 aliphatic carbocycles.